The van der Waals surface area contributed by atoms with Crippen LogP contribution in [0.1, 0.15) is 30.7 Å². The number of ether oxygens (including phenoxy) is 1. The Morgan fingerprint density at radius 3 is 2.18 bits per heavy atom. The van der Waals surface area contributed by atoms with Gasteiger partial charge in [0.05, 0.1) is 22.1 Å². The summed E-state index contributed by atoms with van der Waals surface area (Å²) in [5.41, 5.74) is 12.7. The summed E-state index contributed by atoms with van der Waals surface area (Å²) in [6.07, 6.45) is 23.4. The molecule has 0 spiro atoms. The summed E-state index contributed by atoms with van der Waals surface area (Å²) in [6, 6.07) is 40.9. The molecule has 7 aromatic rings. The number of para-hydroxylation sites is 2. The Hall–Kier alpha value is -6.06. The fraction of sp³-hybridized carbons (Fsp3) is 0.125. The summed E-state index contributed by atoms with van der Waals surface area (Å²) >= 11 is 0. The van der Waals surface area contributed by atoms with E-state index >= 15 is 0 Å². The maximum atomic E-state index is 6.26. The molecule has 3 atom stereocenters. The lowest BCUT2D eigenvalue weighted by Gasteiger charge is -2.19. The third-order valence-electron chi connectivity index (χ3n) is 11.5. The smallest absolute Gasteiger partial charge is 0.128 e. The average Bonchev–Trinajstić information content (AvgIpc) is 3.85. The van der Waals surface area contributed by atoms with Crippen molar-refractivity contribution in [2.24, 2.45) is 5.92 Å². The van der Waals surface area contributed by atoms with Gasteiger partial charge in [-0.2, -0.15) is 0 Å². The SMILES string of the molecule is C1=CCCC(n2c3ccccc3c3cc(-c4ccc5c6ccccc6n(-c6ccc(C7C=C8C(=CC7)OC7C=CC=CC87)cc6)c5c4)ccc32)=C1. The average molecular weight is 657 g/mol. The molecular formula is C48H36N2O. The van der Waals surface area contributed by atoms with Crippen LogP contribution in [0.25, 0.3) is 66.1 Å². The van der Waals surface area contributed by atoms with Gasteiger partial charge in [-0.25, -0.2) is 0 Å². The van der Waals surface area contributed by atoms with Crippen LogP contribution in [0.4, 0.5) is 0 Å². The number of hydrogen-bond acceptors (Lipinski definition) is 1. The molecule has 11 rings (SSSR count). The van der Waals surface area contributed by atoms with Crippen LogP contribution in [0.5, 0.6) is 0 Å². The van der Waals surface area contributed by atoms with Crippen LogP contribution in [0.3, 0.4) is 0 Å². The first-order chi connectivity index (χ1) is 25.3. The molecule has 3 heterocycles. The van der Waals surface area contributed by atoms with Crippen LogP contribution in [0.2, 0.25) is 0 Å². The summed E-state index contributed by atoms with van der Waals surface area (Å²) in [5.74, 6) is 1.73. The summed E-state index contributed by atoms with van der Waals surface area (Å²) < 4.78 is 11.2. The van der Waals surface area contributed by atoms with E-state index in [1.807, 2.05) is 0 Å². The number of allylic oxidation sites excluding steroid dienone is 9. The fourth-order valence-electron chi connectivity index (χ4n) is 9.01. The van der Waals surface area contributed by atoms with Gasteiger partial charge in [-0.15, -0.1) is 0 Å². The van der Waals surface area contributed by atoms with Gasteiger partial charge in [0.2, 0.25) is 0 Å². The molecule has 1 saturated heterocycles. The van der Waals surface area contributed by atoms with Crippen LogP contribution in [0, 0.1) is 5.92 Å². The molecule has 3 nitrogen and oxygen atoms in total. The molecule has 51 heavy (non-hydrogen) atoms. The maximum Gasteiger partial charge on any atom is 0.128 e. The van der Waals surface area contributed by atoms with Gasteiger partial charge in [-0.3, -0.25) is 0 Å². The van der Waals surface area contributed by atoms with Gasteiger partial charge in [0.15, 0.2) is 0 Å². The van der Waals surface area contributed by atoms with Crippen LogP contribution in [-0.2, 0) is 4.74 Å². The number of nitrogens with zero attached hydrogens (tertiary/aromatic N) is 2. The first-order valence-electron chi connectivity index (χ1n) is 18.3. The molecule has 0 bridgehead atoms. The summed E-state index contributed by atoms with van der Waals surface area (Å²) in [6.45, 7) is 0. The quantitative estimate of drug-likeness (QED) is 0.184. The summed E-state index contributed by atoms with van der Waals surface area (Å²) in [7, 11) is 0. The van der Waals surface area contributed by atoms with Gasteiger partial charge in [0.25, 0.3) is 0 Å². The van der Waals surface area contributed by atoms with E-state index in [0.29, 0.717) is 11.8 Å². The number of aromatic nitrogens is 2. The third kappa shape index (κ3) is 4.44. The second kappa shape index (κ2) is 11.2. The highest BCUT2D eigenvalue weighted by Crippen LogP contribution is 2.44. The third-order valence-corrected chi connectivity index (χ3v) is 11.5. The second-order valence-electron chi connectivity index (χ2n) is 14.3. The molecule has 3 aliphatic carbocycles. The molecule has 2 aromatic heterocycles. The van der Waals surface area contributed by atoms with Crippen LogP contribution in [-0.4, -0.2) is 15.2 Å². The molecule has 0 saturated carbocycles. The predicted molar refractivity (Wildman–Crippen MR) is 212 cm³/mol. The molecule has 0 radical (unpaired) electrons. The van der Waals surface area contributed by atoms with Crippen molar-refractivity contribution >= 4 is 49.3 Å². The van der Waals surface area contributed by atoms with E-state index in [4.69, 9.17) is 4.74 Å². The molecule has 1 aliphatic heterocycles. The molecule has 244 valence electrons. The van der Waals surface area contributed by atoms with E-state index in [9.17, 15) is 0 Å². The number of hydrogen-bond donors (Lipinski definition) is 0. The van der Waals surface area contributed by atoms with Gasteiger partial charge in [0.1, 0.15) is 11.9 Å². The van der Waals surface area contributed by atoms with Crippen LogP contribution >= 0.6 is 0 Å². The van der Waals surface area contributed by atoms with E-state index in [-0.39, 0.29) is 6.10 Å². The monoisotopic (exact) mass is 656 g/mol. The highest BCUT2D eigenvalue weighted by Gasteiger charge is 2.36. The van der Waals surface area contributed by atoms with Crippen molar-refractivity contribution in [1.82, 2.24) is 9.13 Å². The number of rotatable bonds is 4. The lowest BCUT2D eigenvalue weighted by atomic mass is 9.83. The Labute approximate surface area is 297 Å². The van der Waals surface area contributed by atoms with E-state index in [0.717, 1.165) is 25.0 Å². The second-order valence-corrected chi connectivity index (χ2v) is 14.3. The van der Waals surface area contributed by atoms with Crippen molar-refractivity contribution < 1.29 is 4.74 Å². The van der Waals surface area contributed by atoms with E-state index < -0.39 is 0 Å². The van der Waals surface area contributed by atoms with Crippen molar-refractivity contribution in [3.63, 3.8) is 0 Å². The maximum absolute atomic E-state index is 6.26. The normalized spacial score (nSPS) is 20.8. The van der Waals surface area contributed by atoms with E-state index in [1.54, 1.807) is 0 Å². The van der Waals surface area contributed by atoms with Crippen LogP contribution < -0.4 is 0 Å². The predicted octanol–water partition coefficient (Wildman–Crippen LogP) is 12.2. The summed E-state index contributed by atoms with van der Waals surface area (Å²) in [5, 5.41) is 5.14. The van der Waals surface area contributed by atoms with Crippen LogP contribution in [0.15, 0.2) is 175 Å². The lowest BCUT2D eigenvalue weighted by molar-refractivity contribution is 0.183. The van der Waals surface area contributed by atoms with Gasteiger partial charge < -0.3 is 13.9 Å². The molecule has 0 N–H and O–H groups in total. The Balaban J connectivity index is 1.00. The highest BCUT2D eigenvalue weighted by molar-refractivity contribution is 6.12. The standard InChI is InChI=1S/C48H36N2O/c1-2-10-35(11-3-1)49-44-16-8-5-13-38(44)41-28-33(21-26-45(41)49)34-20-25-39-37-12-4-7-15-43(37)50(46(39)30-34)36-23-18-31(19-24-36)32-22-27-48-42(29-32)40-14-6-9-17-47(40)51-48/h1-2,4-10,12-21,23-30,32,40,47H,3,11,22H2. The zero-order chi connectivity index (χ0) is 33.5. The molecule has 0 amide bonds. The highest BCUT2D eigenvalue weighted by atomic mass is 16.5. The van der Waals surface area contributed by atoms with Gasteiger partial charge in [-0.1, -0.05) is 103 Å². The first kappa shape index (κ1) is 28.7. The van der Waals surface area contributed by atoms with Crippen molar-refractivity contribution in [3.8, 4) is 16.8 Å². The van der Waals surface area contributed by atoms with Crippen molar-refractivity contribution in [2.75, 3.05) is 0 Å². The Kier molecular flexibility index (Phi) is 6.33. The minimum Gasteiger partial charge on any atom is -0.485 e. The Morgan fingerprint density at radius 1 is 0.608 bits per heavy atom. The largest absolute Gasteiger partial charge is 0.485 e. The minimum absolute atomic E-state index is 0.132. The Morgan fingerprint density at radius 2 is 1.33 bits per heavy atom. The molecular weight excluding hydrogens is 621 g/mol. The number of benzene rings is 5. The number of fused-ring (bicyclic) bond motifs is 9. The van der Waals surface area contributed by atoms with Crippen molar-refractivity contribution in [3.05, 3.63) is 181 Å². The fourth-order valence-corrected chi connectivity index (χ4v) is 9.01. The minimum atomic E-state index is 0.132. The van der Waals surface area contributed by atoms with Gasteiger partial charge in [-0.05, 0) is 96.6 Å². The molecule has 5 aromatic carbocycles. The molecule has 1 fully saturated rings. The van der Waals surface area contributed by atoms with E-state index in [2.05, 4.69) is 173 Å². The summed E-state index contributed by atoms with van der Waals surface area (Å²) in [4.78, 5) is 0. The van der Waals surface area contributed by atoms with Crippen molar-refractivity contribution in [1.29, 1.82) is 0 Å². The lowest BCUT2D eigenvalue weighted by Crippen LogP contribution is -2.13. The van der Waals surface area contributed by atoms with E-state index in [1.165, 1.54) is 77.3 Å². The molecule has 3 heteroatoms. The zero-order valence-corrected chi connectivity index (χ0v) is 28.2. The van der Waals surface area contributed by atoms with Gasteiger partial charge >= 0.3 is 0 Å². The first-order valence-corrected chi connectivity index (χ1v) is 18.3. The molecule has 3 unspecified atom stereocenters. The topological polar surface area (TPSA) is 19.1 Å². The van der Waals surface area contributed by atoms with Gasteiger partial charge in [0, 0.05) is 50.3 Å². The zero-order valence-electron chi connectivity index (χ0n) is 28.2. The Bertz CT molecular complexity index is 2760. The van der Waals surface area contributed by atoms with Crippen molar-refractivity contribution in [2.45, 2.75) is 31.3 Å². The molecule has 4 aliphatic rings.